The molecular weight excluding hydrogens is 269 g/mol. The molecule has 3 nitrogen and oxygen atoms in total. The molecule has 1 unspecified atom stereocenters. The summed E-state index contributed by atoms with van der Waals surface area (Å²) in [5.41, 5.74) is 5.02. The normalized spacial score (nSPS) is 13.2. The van der Waals surface area contributed by atoms with E-state index in [0.29, 0.717) is 6.42 Å². The first-order valence-corrected chi connectivity index (χ1v) is 6.30. The van der Waals surface area contributed by atoms with Crippen molar-refractivity contribution in [2.24, 2.45) is 17.1 Å². The molecule has 0 aromatic heterocycles. The van der Waals surface area contributed by atoms with Gasteiger partial charge in [-0.2, -0.15) is 0 Å². The van der Waals surface area contributed by atoms with Crippen LogP contribution in [0.25, 0.3) is 0 Å². The zero-order chi connectivity index (χ0) is 15.5. The Bertz CT molecular complexity index is 498. The molecule has 0 bridgehead atoms. The molecule has 0 saturated carbocycles. The molecule has 0 aliphatic heterocycles. The van der Waals surface area contributed by atoms with E-state index in [9.17, 15) is 18.0 Å². The van der Waals surface area contributed by atoms with Crippen molar-refractivity contribution in [2.75, 3.05) is 11.9 Å². The van der Waals surface area contributed by atoms with Gasteiger partial charge in [0.15, 0.2) is 17.5 Å². The van der Waals surface area contributed by atoms with E-state index in [2.05, 4.69) is 5.32 Å². The van der Waals surface area contributed by atoms with Crippen molar-refractivity contribution < 1.29 is 18.0 Å². The maximum absolute atomic E-state index is 13.5. The van der Waals surface area contributed by atoms with Crippen LogP contribution in [0.2, 0.25) is 0 Å². The molecule has 0 aliphatic carbocycles. The van der Waals surface area contributed by atoms with Crippen molar-refractivity contribution in [3.05, 3.63) is 29.6 Å². The van der Waals surface area contributed by atoms with E-state index in [0.717, 1.165) is 12.1 Å². The second-order valence-corrected chi connectivity index (χ2v) is 5.91. The minimum atomic E-state index is -1.61. The Morgan fingerprint density at radius 2 is 1.85 bits per heavy atom. The van der Waals surface area contributed by atoms with Crippen LogP contribution in [0, 0.1) is 28.8 Å². The summed E-state index contributed by atoms with van der Waals surface area (Å²) in [6.45, 7) is 5.93. The molecule has 1 aromatic carbocycles. The number of nitrogens with one attached hydrogen (secondary N) is 1. The summed E-state index contributed by atoms with van der Waals surface area (Å²) in [5.74, 6) is -5.35. The predicted octanol–water partition coefficient (Wildman–Crippen LogP) is 3.05. The van der Waals surface area contributed by atoms with E-state index in [1.54, 1.807) is 0 Å². The molecule has 1 aromatic rings. The van der Waals surface area contributed by atoms with Gasteiger partial charge in [0.25, 0.3) is 0 Å². The van der Waals surface area contributed by atoms with Crippen LogP contribution in [0.15, 0.2) is 12.1 Å². The number of nitrogens with two attached hydrogens (primary N) is 1. The van der Waals surface area contributed by atoms with Crippen LogP contribution in [0.1, 0.15) is 27.2 Å². The van der Waals surface area contributed by atoms with Gasteiger partial charge < -0.3 is 11.1 Å². The number of hydrogen-bond donors (Lipinski definition) is 2. The highest BCUT2D eigenvalue weighted by Crippen LogP contribution is 2.26. The Hall–Kier alpha value is -1.56. The average molecular weight is 288 g/mol. The summed E-state index contributed by atoms with van der Waals surface area (Å²) in [5, 5.41) is 2.25. The Morgan fingerprint density at radius 1 is 1.25 bits per heavy atom. The van der Waals surface area contributed by atoms with Gasteiger partial charge in [0.05, 0.1) is 11.6 Å². The van der Waals surface area contributed by atoms with E-state index in [1.165, 1.54) is 0 Å². The van der Waals surface area contributed by atoms with E-state index in [1.807, 2.05) is 20.8 Å². The van der Waals surface area contributed by atoms with Crippen LogP contribution in [0.5, 0.6) is 0 Å². The Balaban J connectivity index is 2.87. The summed E-state index contributed by atoms with van der Waals surface area (Å²) in [7, 11) is 0. The number of carbonyl (C=O) groups excluding carboxylic acids is 1. The van der Waals surface area contributed by atoms with Gasteiger partial charge in [0.2, 0.25) is 5.91 Å². The van der Waals surface area contributed by atoms with Crippen molar-refractivity contribution in [3.8, 4) is 0 Å². The topological polar surface area (TPSA) is 55.1 Å². The number of benzene rings is 1. The van der Waals surface area contributed by atoms with Crippen LogP contribution in [0.4, 0.5) is 18.9 Å². The lowest BCUT2D eigenvalue weighted by Crippen LogP contribution is -2.32. The number of hydrogen-bond acceptors (Lipinski definition) is 2. The summed E-state index contributed by atoms with van der Waals surface area (Å²) in [6, 6.07) is 1.74. The average Bonchev–Trinajstić information content (AvgIpc) is 2.35. The number of carbonyl (C=O) groups is 1. The van der Waals surface area contributed by atoms with Gasteiger partial charge in [-0.1, -0.05) is 20.8 Å². The van der Waals surface area contributed by atoms with Crippen molar-refractivity contribution >= 4 is 11.6 Å². The Labute approximate surface area is 116 Å². The van der Waals surface area contributed by atoms with E-state index >= 15 is 0 Å². The second kappa shape index (κ2) is 6.26. The predicted molar refractivity (Wildman–Crippen MR) is 71.6 cm³/mol. The van der Waals surface area contributed by atoms with Crippen molar-refractivity contribution in [1.29, 1.82) is 0 Å². The molecule has 1 amide bonds. The first-order chi connectivity index (χ1) is 9.15. The molecular formula is C14H19F3N2O. The molecule has 0 saturated heterocycles. The molecule has 0 radical (unpaired) electrons. The van der Waals surface area contributed by atoms with Gasteiger partial charge in [0, 0.05) is 6.54 Å². The maximum atomic E-state index is 13.5. The molecule has 0 fully saturated rings. The summed E-state index contributed by atoms with van der Waals surface area (Å²) in [6.07, 6.45) is 0.501. The molecule has 0 spiro atoms. The van der Waals surface area contributed by atoms with E-state index < -0.39 is 29.3 Å². The maximum Gasteiger partial charge on any atom is 0.228 e. The van der Waals surface area contributed by atoms with Crippen molar-refractivity contribution in [3.63, 3.8) is 0 Å². The minimum absolute atomic E-state index is 0.0917. The highest BCUT2D eigenvalue weighted by molar-refractivity contribution is 5.92. The molecule has 6 heteroatoms. The van der Waals surface area contributed by atoms with Crippen molar-refractivity contribution in [2.45, 2.75) is 27.2 Å². The Kier molecular flexibility index (Phi) is 5.16. The van der Waals surface area contributed by atoms with Crippen LogP contribution in [-0.2, 0) is 4.79 Å². The highest BCUT2D eigenvalue weighted by atomic mass is 19.2. The Morgan fingerprint density at radius 3 is 2.35 bits per heavy atom. The lowest BCUT2D eigenvalue weighted by atomic mass is 9.84. The molecule has 20 heavy (non-hydrogen) atoms. The van der Waals surface area contributed by atoms with E-state index in [4.69, 9.17) is 5.73 Å². The third-order valence-electron chi connectivity index (χ3n) is 2.81. The van der Waals surface area contributed by atoms with Gasteiger partial charge in [-0.25, -0.2) is 13.2 Å². The third kappa shape index (κ3) is 4.23. The number of amides is 1. The third-order valence-corrected chi connectivity index (χ3v) is 2.81. The van der Waals surface area contributed by atoms with Crippen molar-refractivity contribution in [1.82, 2.24) is 0 Å². The lowest BCUT2D eigenvalue weighted by molar-refractivity contribution is -0.120. The van der Waals surface area contributed by atoms with Crippen LogP contribution >= 0.6 is 0 Å². The standard InChI is InChI=1S/C14H19F3N2O/c1-14(2,3)6-8(7-18)13(20)19-10-5-4-9(15)11(16)12(10)17/h4-5,8H,6-7,18H2,1-3H3,(H,19,20). The summed E-state index contributed by atoms with van der Waals surface area (Å²) in [4.78, 5) is 12.0. The van der Waals surface area contributed by atoms with Crippen LogP contribution in [0.3, 0.4) is 0 Å². The quantitative estimate of drug-likeness (QED) is 0.837. The van der Waals surface area contributed by atoms with E-state index in [-0.39, 0.29) is 17.6 Å². The fourth-order valence-corrected chi connectivity index (χ4v) is 1.88. The molecule has 1 rings (SSSR count). The van der Waals surface area contributed by atoms with Gasteiger partial charge >= 0.3 is 0 Å². The second-order valence-electron chi connectivity index (χ2n) is 5.91. The molecule has 112 valence electrons. The first kappa shape index (κ1) is 16.5. The van der Waals surface area contributed by atoms with Crippen LogP contribution < -0.4 is 11.1 Å². The zero-order valence-electron chi connectivity index (χ0n) is 11.8. The zero-order valence-corrected chi connectivity index (χ0v) is 11.8. The molecule has 0 heterocycles. The lowest BCUT2D eigenvalue weighted by Gasteiger charge is -2.24. The molecule has 3 N–H and O–H groups in total. The fraction of sp³-hybridized carbons (Fsp3) is 0.500. The smallest absolute Gasteiger partial charge is 0.228 e. The van der Waals surface area contributed by atoms with Gasteiger partial charge in [-0.05, 0) is 24.0 Å². The summed E-state index contributed by atoms with van der Waals surface area (Å²) >= 11 is 0. The first-order valence-electron chi connectivity index (χ1n) is 6.30. The van der Waals surface area contributed by atoms with Crippen LogP contribution in [-0.4, -0.2) is 12.5 Å². The monoisotopic (exact) mass is 288 g/mol. The number of rotatable bonds is 4. The molecule has 0 aliphatic rings. The summed E-state index contributed by atoms with van der Waals surface area (Å²) < 4.78 is 39.3. The van der Waals surface area contributed by atoms with Gasteiger partial charge in [0.1, 0.15) is 0 Å². The highest BCUT2D eigenvalue weighted by Gasteiger charge is 2.25. The SMILES string of the molecule is CC(C)(C)CC(CN)C(=O)Nc1ccc(F)c(F)c1F. The van der Waals surface area contributed by atoms with Gasteiger partial charge in [-0.15, -0.1) is 0 Å². The minimum Gasteiger partial charge on any atom is -0.330 e. The largest absolute Gasteiger partial charge is 0.330 e. The fourth-order valence-electron chi connectivity index (χ4n) is 1.88. The number of halogens is 3. The number of anilines is 1. The van der Waals surface area contributed by atoms with Gasteiger partial charge in [-0.3, -0.25) is 4.79 Å². The molecule has 1 atom stereocenters.